The first kappa shape index (κ1) is 14.5. The lowest BCUT2D eigenvalue weighted by Crippen LogP contribution is -2.43. The van der Waals surface area contributed by atoms with Gasteiger partial charge >= 0.3 is 0 Å². The zero-order chi connectivity index (χ0) is 14.0. The largest absolute Gasteiger partial charge is 0.216 e. The highest BCUT2D eigenvalue weighted by Gasteiger charge is 2.35. The molecule has 0 aromatic carbocycles. The van der Waals surface area contributed by atoms with Crippen molar-refractivity contribution in [3.8, 4) is 0 Å². The monoisotopic (exact) mass is 313 g/mol. The number of nitrogens with zero attached hydrogens (tertiary/aromatic N) is 1. The summed E-state index contributed by atoms with van der Waals surface area (Å²) in [6, 6.07) is 2.18. The summed E-state index contributed by atoms with van der Waals surface area (Å²) in [5.41, 5.74) is 1.39. The Bertz CT molecular complexity index is 510. The van der Waals surface area contributed by atoms with E-state index in [-0.39, 0.29) is 5.25 Å². The third-order valence-corrected chi connectivity index (χ3v) is 7.90. The predicted octanol–water partition coefficient (Wildman–Crippen LogP) is 3.59. The Morgan fingerprint density at radius 3 is 2.35 bits per heavy atom. The summed E-state index contributed by atoms with van der Waals surface area (Å²) in [6.45, 7) is 1.42. The smallest absolute Gasteiger partial charge is 0.212 e. The minimum Gasteiger partial charge on any atom is -0.212 e. The highest BCUT2D eigenvalue weighted by atomic mass is 32.2. The summed E-state index contributed by atoms with van der Waals surface area (Å²) in [7, 11) is -3.04. The summed E-state index contributed by atoms with van der Waals surface area (Å²) in [5, 5.41) is 4.21. The molecule has 2 heterocycles. The van der Waals surface area contributed by atoms with E-state index in [1.807, 2.05) is 0 Å². The van der Waals surface area contributed by atoms with Crippen molar-refractivity contribution in [3.05, 3.63) is 22.4 Å². The fraction of sp³-hybridized carbons (Fsp3) is 0.733. The SMILES string of the molecule is O=S(=O)(C1CCCCC1)N1CCC(c2ccsc2)CC1. The van der Waals surface area contributed by atoms with Crippen LogP contribution in [0.15, 0.2) is 16.8 Å². The quantitative estimate of drug-likeness (QED) is 0.855. The van der Waals surface area contributed by atoms with Crippen LogP contribution in [0, 0.1) is 0 Å². The van der Waals surface area contributed by atoms with Crippen molar-refractivity contribution in [2.75, 3.05) is 13.1 Å². The van der Waals surface area contributed by atoms with Gasteiger partial charge in [0.25, 0.3) is 0 Å². The van der Waals surface area contributed by atoms with Crippen LogP contribution >= 0.6 is 11.3 Å². The normalized spacial score (nSPS) is 24.0. The zero-order valence-corrected chi connectivity index (χ0v) is 13.5. The molecule has 0 radical (unpaired) electrons. The Morgan fingerprint density at radius 1 is 1.05 bits per heavy atom. The van der Waals surface area contributed by atoms with Crippen LogP contribution in [0.1, 0.15) is 56.4 Å². The average Bonchev–Trinajstić information content (AvgIpc) is 3.02. The van der Waals surface area contributed by atoms with Gasteiger partial charge in [0.05, 0.1) is 5.25 Å². The number of hydrogen-bond acceptors (Lipinski definition) is 3. The second-order valence-corrected chi connectivity index (χ2v) is 9.03. The molecule has 0 spiro atoms. The standard InChI is InChI=1S/C15H23NO2S2/c17-20(18,15-4-2-1-3-5-15)16-9-6-13(7-10-16)14-8-11-19-12-14/h8,11-13,15H,1-7,9-10H2. The highest BCUT2D eigenvalue weighted by molar-refractivity contribution is 7.89. The van der Waals surface area contributed by atoms with E-state index in [0.29, 0.717) is 19.0 Å². The molecule has 1 aliphatic heterocycles. The third kappa shape index (κ3) is 2.95. The molecule has 3 rings (SSSR count). The van der Waals surface area contributed by atoms with Crippen molar-refractivity contribution in [2.24, 2.45) is 0 Å². The first-order valence-corrected chi connectivity index (χ1v) is 10.1. The van der Waals surface area contributed by atoms with Crippen LogP contribution in [0.3, 0.4) is 0 Å². The topological polar surface area (TPSA) is 37.4 Å². The fourth-order valence-corrected chi connectivity index (χ4v) is 6.34. The van der Waals surface area contributed by atoms with Crippen molar-refractivity contribution in [1.82, 2.24) is 4.31 Å². The first-order chi connectivity index (χ1) is 9.68. The van der Waals surface area contributed by atoms with Crippen LogP contribution in [-0.4, -0.2) is 31.1 Å². The molecule has 0 amide bonds. The molecule has 1 aromatic heterocycles. The number of rotatable bonds is 3. The average molecular weight is 313 g/mol. The minimum absolute atomic E-state index is 0.103. The molecule has 1 saturated carbocycles. The van der Waals surface area contributed by atoms with Gasteiger partial charge in [0, 0.05) is 13.1 Å². The maximum atomic E-state index is 12.7. The Morgan fingerprint density at radius 2 is 1.75 bits per heavy atom. The molecule has 1 saturated heterocycles. The van der Waals surface area contributed by atoms with Crippen molar-refractivity contribution in [1.29, 1.82) is 0 Å². The Labute approximate surface area is 126 Å². The second-order valence-electron chi connectivity index (χ2n) is 6.03. The summed E-state index contributed by atoms with van der Waals surface area (Å²) >= 11 is 1.73. The molecule has 3 nitrogen and oxygen atoms in total. The van der Waals surface area contributed by atoms with Gasteiger partial charge in [-0.1, -0.05) is 19.3 Å². The third-order valence-electron chi connectivity index (χ3n) is 4.80. The molecule has 0 atom stereocenters. The summed E-state index contributed by atoms with van der Waals surface area (Å²) in [4.78, 5) is 0. The van der Waals surface area contributed by atoms with Gasteiger partial charge in [-0.15, -0.1) is 0 Å². The molecule has 2 aliphatic rings. The van der Waals surface area contributed by atoms with Crippen LogP contribution in [0.4, 0.5) is 0 Å². The van der Waals surface area contributed by atoms with E-state index in [9.17, 15) is 8.42 Å². The Kier molecular flexibility index (Phi) is 4.48. The number of piperidine rings is 1. The van der Waals surface area contributed by atoms with Gasteiger partial charge in [0.15, 0.2) is 0 Å². The van der Waals surface area contributed by atoms with Crippen LogP contribution in [0.25, 0.3) is 0 Å². The fourth-order valence-electron chi connectivity index (χ4n) is 3.52. The lowest BCUT2D eigenvalue weighted by molar-refractivity contribution is 0.311. The van der Waals surface area contributed by atoms with E-state index in [2.05, 4.69) is 16.8 Å². The van der Waals surface area contributed by atoms with Gasteiger partial charge < -0.3 is 0 Å². The van der Waals surface area contributed by atoms with Crippen molar-refractivity contribution in [2.45, 2.75) is 56.1 Å². The van der Waals surface area contributed by atoms with Gasteiger partial charge in [-0.3, -0.25) is 0 Å². The number of sulfonamides is 1. The van der Waals surface area contributed by atoms with Gasteiger partial charge in [-0.25, -0.2) is 12.7 Å². The van der Waals surface area contributed by atoms with E-state index >= 15 is 0 Å². The maximum absolute atomic E-state index is 12.7. The molecule has 20 heavy (non-hydrogen) atoms. The zero-order valence-electron chi connectivity index (χ0n) is 11.8. The van der Waals surface area contributed by atoms with Gasteiger partial charge in [-0.05, 0) is 54.0 Å². The molecule has 1 aliphatic carbocycles. The molecule has 2 fully saturated rings. The molecule has 0 bridgehead atoms. The lowest BCUT2D eigenvalue weighted by Gasteiger charge is -2.34. The second kappa shape index (κ2) is 6.16. The Hall–Kier alpha value is -0.390. The maximum Gasteiger partial charge on any atom is 0.216 e. The molecular formula is C15H23NO2S2. The summed E-state index contributed by atoms with van der Waals surface area (Å²) < 4.78 is 27.1. The summed E-state index contributed by atoms with van der Waals surface area (Å²) in [6.07, 6.45) is 7.04. The van der Waals surface area contributed by atoms with E-state index in [1.54, 1.807) is 15.6 Å². The van der Waals surface area contributed by atoms with E-state index < -0.39 is 10.0 Å². The lowest BCUT2D eigenvalue weighted by atomic mass is 9.92. The number of hydrogen-bond donors (Lipinski definition) is 0. The van der Waals surface area contributed by atoms with Gasteiger partial charge in [-0.2, -0.15) is 11.3 Å². The van der Waals surface area contributed by atoms with Gasteiger partial charge in [0.1, 0.15) is 0 Å². The van der Waals surface area contributed by atoms with Crippen LogP contribution < -0.4 is 0 Å². The number of thiophene rings is 1. The van der Waals surface area contributed by atoms with E-state index in [0.717, 1.165) is 38.5 Å². The van der Waals surface area contributed by atoms with Crippen LogP contribution in [0.5, 0.6) is 0 Å². The summed E-state index contributed by atoms with van der Waals surface area (Å²) in [5.74, 6) is 0.555. The highest BCUT2D eigenvalue weighted by Crippen LogP contribution is 2.33. The van der Waals surface area contributed by atoms with Gasteiger partial charge in [0.2, 0.25) is 10.0 Å². The minimum atomic E-state index is -3.04. The molecule has 0 N–H and O–H groups in total. The first-order valence-electron chi connectivity index (χ1n) is 7.69. The Balaban J connectivity index is 1.62. The van der Waals surface area contributed by atoms with Crippen LogP contribution in [-0.2, 0) is 10.0 Å². The van der Waals surface area contributed by atoms with Crippen molar-refractivity contribution in [3.63, 3.8) is 0 Å². The van der Waals surface area contributed by atoms with Crippen molar-refractivity contribution < 1.29 is 8.42 Å². The van der Waals surface area contributed by atoms with E-state index in [4.69, 9.17) is 0 Å². The van der Waals surface area contributed by atoms with E-state index in [1.165, 1.54) is 12.0 Å². The predicted molar refractivity (Wildman–Crippen MR) is 83.7 cm³/mol. The molecule has 5 heteroatoms. The molecule has 0 unspecified atom stereocenters. The molecule has 112 valence electrons. The molecular weight excluding hydrogens is 290 g/mol. The van der Waals surface area contributed by atoms with Crippen molar-refractivity contribution >= 4 is 21.4 Å². The van der Waals surface area contributed by atoms with Crippen LogP contribution in [0.2, 0.25) is 0 Å². The molecule has 1 aromatic rings.